The van der Waals surface area contributed by atoms with Crippen molar-refractivity contribution >= 4 is 23.2 Å². The van der Waals surface area contributed by atoms with E-state index in [1.165, 1.54) is 5.56 Å². The lowest BCUT2D eigenvalue weighted by Crippen LogP contribution is -2.40. The van der Waals surface area contributed by atoms with Crippen LogP contribution in [0.4, 0.5) is 0 Å². The van der Waals surface area contributed by atoms with Gasteiger partial charge in [0.15, 0.2) is 0 Å². The maximum absolute atomic E-state index is 11.7. The number of aromatic nitrogens is 2. The zero-order valence-corrected chi connectivity index (χ0v) is 15.0. The predicted octanol–water partition coefficient (Wildman–Crippen LogP) is 3.32. The molecule has 0 radical (unpaired) electrons. The summed E-state index contributed by atoms with van der Waals surface area (Å²) in [5, 5.41) is 7.46. The zero-order chi connectivity index (χ0) is 17.7. The molecule has 0 spiro atoms. The summed E-state index contributed by atoms with van der Waals surface area (Å²) in [4.78, 5) is 19.2. The van der Waals surface area contributed by atoms with Crippen molar-refractivity contribution in [2.24, 2.45) is 5.10 Å². The molecule has 1 unspecified atom stereocenters. The van der Waals surface area contributed by atoms with Gasteiger partial charge in [0.2, 0.25) is 0 Å². The zero-order valence-electron chi connectivity index (χ0n) is 15.0. The van der Waals surface area contributed by atoms with Gasteiger partial charge < -0.3 is 9.72 Å². The van der Waals surface area contributed by atoms with Crippen LogP contribution in [0, 0.1) is 0 Å². The first-order valence-electron chi connectivity index (χ1n) is 8.20. The molecule has 2 aromatic rings. The smallest absolute Gasteiger partial charge is 0.308 e. The highest BCUT2D eigenvalue weighted by molar-refractivity contribution is 5.84. The van der Waals surface area contributed by atoms with Gasteiger partial charge in [-0.3, -0.25) is 9.80 Å². The van der Waals surface area contributed by atoms with Crippen molar-refractivity contribution in [3.05, 3.63) is 30.1 Å². The van der Waals surface area contributed by atoms with E-state index in [1.807, 2.05) is 57.4 Å². The van der Waals surface area contributed by atoms with Crippen molar-refractivity contribution in [3.8, 4) is 0 Å². The Morgan fingerprint density at radius 2 is 2.25 bits per heavy atom. The average Bonchev–Trinajstić information content (AvgIpc) is 3.00. The molecule has 6 nitrogen and oxygen atoms in total. The molecule has 0 aliphatic carbocycles. The Morgan fingerprint density at radius 3 is 2.96 bits per heavy atom. The third-order valence-corrected chi connectivity index (χ3v) is 4.21. The predicted molar refractivity (Wildman–Crippen MR) is 96.1 cm³/mol. The van der Waals surface area contributed by atoms with E-state index >= 15 is 0 Å². The molecule has 1 N–H and O–H groups in total. The highest BCUT2D eigenvalue weighted by Gasteiger charge is 2.27. The van der Waals surface area contributed by atoms with Gasteiger partial charge in [-0.15, -0.1) is 0 Å². The van der Waals surface area contributed by atoms with Crippen LogP contribution >= 0.6 is 0 Å². The van der Waals surface area contributed by atoms with Crippen molar-refractivity contribution in [3.63, 3.8) is 0 Å². The second-order valence-corrected chi connectivity index (χ2v) is 6.51. The summed E-state index contributed by atoms with van der Waals surface area (Å²) in [7, 11) is 1.88. The second-order valence-electron chi connectivity index (χ2n) is 6.51. The van der Waals surface area contributed by atoms with Gasteiger partial charge in [0, 0.05) is 37.0 Å². The highest BCUT2D eigenvalue weighted by atomic mass is 16.5. The number of rotatable bonds is 7. The van der Waals surface area contributed by atoms with Gasteiger partial charge in [0.05, 0.1) is 18.6 Å². The molecular formula is C18H26N4O2. The Morgan fingerprint density at radius 1 is 1.50 bits per heavy atom. The van der Waals surface area contributed by atoms with Crippen LogP contribution in [-0.4, -0.2) is 46.4 Å². The van der Waals surface area contributed by atoms with Crippen LogP contribution in [0.25, 0.3) is 11.0 Å². The van der Waals surface area contributed by atoms with Crippen molar-refractivity contribution < 1.29 is 9.53 Å². The van der Waals surface area contributed by atoms with E-state index in [0.717, 1.165) is 11.0 Å². The highest BCUT2D eigenvalue weighted by Crippen LogP contribution is 2.23. The monoisotopic (exact) mass is 330 g/mol. The van der Waals surface area contributed by atoms with Crippen molar-refractivity contribution in [1.82, 2.24) is 15.0 Å². The quantitative estimate of drug-likeness (QED) is 0.480. The molecule has 0 amide bonds. The topological polar surface area (TPSA) is 70.6 Å². The first-order valence-corrected chi connectivity index (χ1v) is 8.20. The normalized spacial score (nSPS) is 13.4. The summed E-state index contributed by atoms with van der Waals surface area (Å²) in [6.07, 6.45) is 5.88. The number of nitrogens with one attached hydrogen (secondary N) is 1. The lowest BCUT2D eigenvalue weighted by atomic mass is 10.00. The fourth-order valence-electron chi connectivity index (χ4n) is 2.50. The number of pyridine rings is 1. The average molecular weight is 330 g/mol. The number of hydrogen-bond acceptors (Lipinski definition) is 5. The van der Waals surface area contributed by atoms with Crippen LogP contribution in [-0.2, 0) is 9.53 Å². The van der Waals surface area contributed by atoms with E-state index in [-0.39, 0.29) is 11.9 Å². The molecule has 0 aromatic carbocycles. The molecule has 2 aromatic heterocycles. The van der Waals surface area contributed by atoms with Gasteiger partial charge in [0.1, 0.15) is 5.65 Å². The van der Waals surface area contributed by atoms with E-state index in [1.54, 1.807) is 6.20 Å². The van der Waals surface area contributed by atoms with Crippen molar-refractivity contribution in [2.45, 2.75) is 45.6 Å². The fourth-order valence-corrected chi connectivity index (χ4v) is 2.50. The van der Waals surface area contributed by atoms with E-state index in [4.69, 9.17) is 4.74 Å². The Balaban J connectivity index is 2.08. The molecule has 0 saturated carbocycles. The minimum atomic E-state index is -0.413. The summed E-state index contributed by atoms with van der Waals surface area (Å²) in [6, 6.07) is 4.03. The summed E-state index contributed by atoms with van der Waals surface area (Å²) in [6.45, 7) is 8.25. The van der Waals surface area contributed by atoms with Gasteiger partial charge in [-0.25, -0.2) is 4.98 Å². The lowest BCUT2D eigenvalue weighted by Gasteiger charge is -2.32. The molecule has 0 aliphatic rings. The standard InChI is InChI=1S/C18H26N4O2/c1-6-24-16(23)11-18(3,4)22(5)21-12-13(2)14-7-9-19-17-15(14)8-10-20-17/h7-10,12-13H,6,11H2,1-5H3,(H,19,20)/b21-12-. The number of carbonyl (C=O) groups excluding carboxylic acids is 1. The molecule has 130 valence electrons. The lowest BCUT2D eigenvalue weighted by molar-refractivity contribution is -0.145. The summed E-state index contributed by atoms with van der Waals surface area (Å²) in [5.74, 6) is -0.0760. The maximum atomic E-state index is 11.7. The second kappa shape index (κ2) is 7.47. The Hall–Kier alpha value is -2.37. The number of ether oxygens (including phenoxy) is 1. The van der Waals surface area contributed by atoms with Crippen molar-refractivity contribution in [1.29, 1.82) is 0 Å². The van der Waals surface area contributed by atoms with Crippen LogP contribution in [0.5, 0.6) is 0 Å². The Kier molecular flexibility index (Phi) is 5.59. The third-order valence-electron chi connectivity index (χ3n) is 4.21. The summed E-state index contributed by atoms with van der Waals surface area (Å²) >= 11 is 0. The molecule has 0 saturated heterocycles. The van der Waals surface area contributed by atoms with Crippen LogP contribution in [0.1, 0.15) is 45.6 Å². The molecule has 6 heteroatoms. The number of hydrazone groups is 1. The van der Waals surface area contributed by atoms with Crippen LogP contribution in [0.15, 0.2) is 29.6 Å². The summed E-state index contributed by atoms with van der Waals surface area (Å²) in [5.41, 5.74) is 1.63. The number of fused-ring (bicyclic) bond motifs is 1. The minimum Gasteiger partial charge on any atom is -0.466 e. The molecule has 2 heterocycles. The first-order chi connectivity index (χ1) is 11.3. The molecule has 1 atom stereocenters. The largest absolute Gasteiger partial charge is 0.466 e. The molecule has 0 aliphatic heterocycles. The van der Waals surface area contributed by atoms with E-state index in [2.05, 4.69) is 22.0 Å². The fraction of sp³-hybridized carbons (Fsp3) is 0.500. The number of H-pyrrole nitrogens is 1. The maximum Gasteiger partial charge on any atom is 0.308 e. The molecule has 0 bridgehead atoms. The SMILES string of the molecule is CCOC(=O)CC(C)(C)N(C)/N=C\C(C)c1ccnc2[nH]ccc12. The molecule has 2 rings (SSSR count). The first kappa shape index (κ1) is 18.0. The number of carbonyl (C=O) groups is 1. The van der Waals surface area contributed by atoms with E-state index < -0.39 is 5.54 Å². The molecular weight excluding hydrogens is 304 g/mol. The van der Waals surface area contributed by atoms with E-state index in [9.17, 15) is 4.79 Å². The van der Waals surface area contributed by atoms with E-state index in [0.29, 0.717) is 13.0 Å². The summed E-state index contributed by atoms with van der Waals surface area (Å²) < 4.78 is 5.03. The Labute approximate surface area is 142 Å². The van der Waals surface area contributed by atoms with Crippen molar-refractivity contribution in [2.75, 3.05) is 13.7 Å². The number of aromatic amines is 1. The van der Waals surface area contributed by atoms with Gasteiger partial charge in [-0.1, -0.05) is 6.92 Å². The van der Waals surface area contributed by atoms with Gasteiger partial charge in [-0.05, 0) is 38.5 Å². The molecule has 0 fully saturated rings. The number of hydrogen-bond donors (Lipinski definition) is 1. The number of esters is 1. The van der Waals surface area contributed by atoms with Crippen LogP contribution in [0.3, 0.4) is 0 Å². The van der Waals surface area contributed by atoms with Gasteiger partial charge >= 0.3 is 5.97 Å². The number of nitrogens with zero attached hydrogens (tertiary/aromatic N) is 3. The minimum absolute atomic E-state index is 0.132. The van der Waals surface area contributed by atoms with Gasteiger partial charge in [0.25, 0.3) is 0 Å². The Bertz CT molecular complexity index is 721. The van der Waals surface area contributed by atoms with Gasteiger partial charge in [-0.2, -0.15) is 5.10 Å². The molecule has 24 heavy (non-hydrogen) atoms. The van der Waals surface area contributed by atoms with Crippen LogP contribution in [0.2, 0.25) is 0 Å². The van der Waals surface area contributed by atoms with Crippen LogP contribution < -0.4 is 0 Å². The third kappa shape index (κ3) is 4.13.